The molecule has 19 heavy (non-hydrogen) atoms. The molecule has 100 valence electrons. The van der Waals surface area contributed by atoms with Crippen LogP contribution in [0.5, 0.6) is 0 Å². The molecular formula is C13H14N2O4. The van der Waals surface area contributed by atoms with Crippen molar-refractivity contribution in [2.75, 3.05) is 0 Å². The fourth-order valence-corrected chi connectivity index (χ4v) is 2.30. The highest BCUT2D eigenvalue weighted by molar-refractivity contribution is 5.95. The second-order valence-electron chi connectivity index (χ2n) is 4.70. The summed E-state index contributed by atoms with van der Waals surface area (Å²) in [5, 5.41) is 20.5. The first-order chi connectivity index (χ1) is 8.91. The molecule has 0 aliphatic carbocycles. The number of hydrogen-bond acceptors (Lipinski definition) is 3. The number of hydrogen-bond donors (Lipinski definition) is 2. The third kappa shape index (κ3) is 2.29. The van der Waals surface area contributed by atoms with Gasteiger partial charge in [-0.25, -0.2) is 0 Å². The largest absolute Gasteiger partial charge is 0.481 e. The lowest BCUT2D eigenvalue weighted by molar-refractivity contribution is -0.383. The van der Waals surface area contributed by atoms with Gasteiger partial charge in [0.1, 0.15) is 0 Å². The zero-order chi connectivity index (χ0) is 14.2. The maximum atomic E-state index is 11.1. The highest BCUT2D eigenvalue weighted by Crippen LogP contribution is 2.34. The lowest BCUT2D eigenvalue weighted by Crippen LogP contribution is -2.04. The minimum Gasteiger partial charge on any atom is -0.481 e. The molecule has 6 heteroatoms. The number of carbonyl (C=O) groups is 1. The molecule has 2 aromatic rings. The first-order valence-electron chi connectivity index (χ1n) is 5.91. The van der Waals surface area contributed by atoms with E-state index in [2.05, 4.69) is 4.98 Å². The van der Waals surface area contributed by atoms with Gasteiger partial charge in [-0.15, -0.1) is 0 Å². The number of fused-ring (bicyclic) bond motifs is 1. The van der Waals surface area contributed by atoms with Gasteiger partial charge in [-0.1, -0.05) is 19.9 Å². The third-order valence-electron chi connectivity index (χ3n) is 3.04. The fraction of sp³-hybridized carbons (Fsp3) is 0.308. The predicted octanol–water partition coefficient (Wildman–Crippen LogP) is 2.83. The van der Waals surface area contributed by atoms with Gasteiger partial charge in [0, 0.05) is 11.8 Å². The molecule has 0 atom stereocenters. The number of aromatic nitrogens is 1. The zero-order valence-corrected chi connectivity index (χ0v) is 10.6. The van der Waals surface area contributed by atoms with Crippen molar-refractivity contribution in [1.29, 1.82) is 0 Å². The number of nitrogens with zero attached hydrogens (tertiary/aromatic N) is 1. The molecular weight excluding hydrogens is 248 g/mol. The van der Waals surface area contributed by atoms with Crippen molar-refractivity contribution in [2.45, 2.75) is 26.2 Å². The van der Waals surface area contributed by atoms with Crippen LogP contribution in [0.1, 0.15) is 31.0 Å². The zero-order valence-electron chi connectivity index (χ0n) is 10.6. The van der Waals surface area contributed by atoms with E-state index in [1.54, 1.807) is 12.1 Å². The third-order valence-corrected chi connectivity index (χ3v) is 3.04. The lowest BCUT2D eigenvalue weighted by atomic mass is 10.0. The summed E-state index contributed by atoms with van der Waals surface area (Å²) in [4.78, 5) is 24.7. The molecule has 1 aromatic carbocycles. The molecule has 0 spiro atoms. The van der Waals surface area contributed by atoms with Crippen LogP contribution < -0.4 is 0 Å². The van der Waals surface area contributed by atoms with Crippen LogP contribution in [0.3, 0.4) is 0 Å². The molecule has 0 saturated heterocycles. The number of aromatic amines is 1. The molecule has 0 fully saturated rings. The lowest BCUT2D eigenvalue weighted by Gasteiger charge is -2.05. The number of rotatable bonds is 4. The van der Waals surface area contributed by atoms with Gasteiger partial charge < -0.3 is 10.1 Å². The monoisotopic (exact) mass is 262 g/mol. The Bertz CT molecular complexity index is 658. The average Bonchev–Trinajstić information content (AvgIpc) is 2.67. The van der Waals surface area contributed by atoms with Crippen LogP contribution in [0.25, 0.3) is 10.9 Å². The molecule has 0 bridgehead atoms. The SMILES string of the molecule is CC(C)c1[nH]c2cccc([N+](=O)[O-])c2c1CC(=O)O. The number of carboxylic acid groups (broad SMARTS) is 1. The highest BCUT2D eigenvalue weighted by atomic mass is 16.6. The normalized spacial score (nSPS) is 11.1. The second-order valence-corrected chi connectivity index (χ2v) is 4.70. The Morgan fingerprint density at radius 2 is 2.16 bits per heavy atom. The van der Waals surface area contributed by atoms with Gasteiger partial charge in [0.25, 0.3) is 5.69 Å². The quantitative estimate of drug-likeness (QED) is 0.654. The fourth-order valence-electron chi connectivity index (χ4n) is 2.30. The van der Waals surface area contributed by atoms with Gasteiger partial charge in [0.2, 0.25) is 0 Å². The Kier molecular flexibility index (Phi) is 3.25. The maximum absolute atomic E-state index is 11.1. The van der Waals surface area contributed by atoms with Gasteiger partial charge in [-0.2, -0.15) is 0 Å². The maximum Gasteiger partial charge on any atom is 0.307 e. The Morgan fingerprint density at radius 1 is 1.47 bits per heavy atom. The van der Waals surface area contributed by atoms with Gasteiger partial charge in [0.15, 0.2) is 0 Å². The van der Waals surface area contributed by atoms with E-state index in [9.17, 15) is 14.9 Å². The molecule has 2 N–H and O–H groups in total. The molecule has 0 radical (unpaired) electrons. The predicted molar refractivity (Wildman–Crippen MR) is 70.4 cm³/mol. The van der Waals surface area contributed by atoms with E-state index in [0.29, 0.717) is 16.5 Å². The topological polar surface area (TPSA) is 96.2 Å². The number of benzene rings is 1. The Labute approximate surface area is 109 Å². The molecule has 1 heterocycles. The summed E-state index contributed by atoms with van der Waals surface area (Å²) < 4.78 is 0. The van der Waals surface area contributed by atoms with Crippen molar-refractivity contribution in [2.24, 2.45) is 0 Å². The average molecular weight is 262 g/mol. The molecule has 0 saturated carbocycles. The summed E-state index contributed by atoms with van der Waals surface area (Å²) in [5.41, 5.74) is 1.79. The van der Waals surface area contributed by atoms with Gasteiger partial charge in [-0.05, 0) is 17.5 Å². The van der Waals surface area contributed by atoms with Crippen LogP contribution in [-0.2, 0) is 11.2 Å². The number of H-pyrrole nitrogens is 1. The first kappa shape index (κ1) is 13.1. The molecule has 6 nitrogen and oxygen atoms in total. The van der Waals surface area contributed by atoms with Gasteiger partial charge in [0.05, 0.1) is 22.2 Å². The van der Waals surface area contributed by atoms with E-state index < -0.39 is 10.9 Å². The molecule has 2 rings (SSSR count). The molecule has 0 aliphatic heterocycles. The van der Waals surface area contributed by atoms with Crippen LogP contribution in [0.15, 0.2) is 18.2 Å². The molecule has 0 amide bonds. The van der Waals surface area contributed by atoms with E-state index >= 15 is 0 Å². The van der Waals surface area contributed by atoms with E-state index in [1.165, 1.54) is 6.07 Å². The summed E-state index contributed by atoms with van der Waals surface area (Å²) in [6.07, 6.45) is -0.224. The minimum absolute atomic E-state index is 0.0584. The Balaban J connectivity index is 2.80. The number of nitrogens with one attached hydrogen (secondary N) is 1. The van der Waals surface area contributed by atoms with Crippen molar-refractivity contribution in [1.82, 2.24) is 4.98 Å². The number of nitro groups is 1. The minimum atomic E-state index is -0.999. The Morgan fingerprint density at radius 3 is 2.68 bits per heavy atom. The Hall–Kier alpha value is -2.37. The second kappa shape index (κ2) is 4.72. The summed E-state index contributed by atoms with van der Waals surface area (Å²) in [6, 6.07) is 4.71. The van der Waals surface area contributed by atoms with Crippen LogP contribution in [0.4, 0.5) is 5.69 Å². The molecule has 0 aliphatic rings. The van der Waals surface area contributed by atoms with Crippen molar-refractivity contribution < 1.29 is 14.8 Å². The summed E-state index contributed by atoms with van der Waals surface area (Å²) in [7, 11) is 0. The van der Waals surface area contributed by atoms with E-state index in [-0.39, 0.29) is 18.0 Å². The first-order valence-corrected chi connectivity index (χ1v) is 5.91. The van der Waals surface area contributed by atoms with Crippen molar-refractivity contribution >= 4 is 22.6 Å². The molecule has 1 aromatic heterocycles. The summed E-state index contributed by atoms with van der Waals surface area (Å²) in [6.45, 7) is 3.84. The summed E-state index contributed by atoms with van der Waals surface area (Å²) >= 11 is 0. The highest BCUT2D eigenvalue weighted by Gasteiger charge is 2.23. The van der Waals surface area contributed by atoms with Crippen molar-refractivity contribution in [3.8, 4) is 0 Å². The van der Waals surface area contributed by atoms with Crippen LogP contribution in [0.2, 0.25) is 0 Å². The standard InChI is InChI=1S/C13H14N2O4/c1-7(2)13-8(6-11(16)17)12-9(14-13)4-3-5-10(12)15(18)19/h3-5,7,14H,6H2,1-2H3,(H,16,17). The molecule has 0 unspecified atom stereocenters. The van der Waals surface area contributed by atoms with Crippen LogP contribution in [-0.4, -0.2) is 21.0 Å². The number of non-ortho nitro benzene ring substituents is 1. The van der Waals surface area contributed by atoms with E-state index in [4.69, 9.17) is 5.11 Å². The summed E-state index contributed by atoms with van der Waals surface area (Å²) in [5.74, 6) is -0.928. The van der Waals surface area contributed by atoms with Crippen molar-refractivity contribution in [3.63, 3.8) is 0 Å². The number of nitro benzene ring substituents is 1. The van der Waals surface area contributed by atoms with Crippen molar-refractivity contribution in [3.05, 3.63) is 39.6 Å². The van der Waals surface area contributed by atoms with Gasteiger partial charge >= 0.3 is 5.97 Å². The van der Waals surface area contributed by atoms with E-state index in [0.717, 1.165) is 5.69 Å². The van der Waals surface area contributed by atoms with Gasteiger partial charge in [-0.3, -0.25) is 14.9 Å². The number of aliphatic carboxylic acids is 1. The number of carboxylic acids is 1. The van der Waals surface area contributed by atoms with E-state index in [1.807, 2.05) is 13.8 Å². The smallest absolute Gasteiger partial charge is 0.307 e. The van der Waals surface area contributed by atoms with Crippen LogP contribution >= 0.6 is 0 Å². The van der Waals surface area contributed by atoms with Crippen LogP contribution in [0, 0.1) is 10.1 Å².